The van der Waals surface area contributed by atoms with Crippen LogP contribution in [0.3, 0.4) is 0 Å². The average molecular weight is 1200 g/mol. The van der Waals surface area contributed by atoms with Crippen LogP contribution in [0, 0.1) is 0 Å². The smallest absolute Gasteiger partial charge is 0.333 e. The number of esters is 6. The quantitative estimate of drug-likeness (QED) is 0.0181. The normalized spacial score (nSPS) is 24.5. The van der Waals surface area contributed by atoms with Gasteiger partial charge in [0.15, 0.2) is 12.6 Å². The molecule has 8 N–H and O–H groups in total. The highest BCUT2D eigenvalue weighted by Gasteiger charge is 2.55. The van der Waals surface area contributed by atoms with Gasteiger partial charge in [-0.05, 0) is 41.5 Å². The van der Waals surface area contributed by atoms with Crippen LogP contribution >= 0.6 is 0 Å². The van der Waals surface area contributed by atoms with E-state index in [0.29, 0.717) is 0 Å². The monoisotopic (exact) mass is 1190 g/mol. The summed E-state index contributed by atoms with van der Waals surface area (Å²) in [6.07, 6.45) is -26.8. The molecule has 2 fully saturated rings. The van der Waals surface area contributed by atoms with E-state index in [-0.39, 0.29) is 33.4 Å². The fourth-order valence-electron chi connectivity index (χ4n) is 6.92. The molecule has 0 aromatic carbocycles. The van der Waals surface area contributed by atoms with E-state index in [2.05, 4.69) is 39.5 Å². The van der Waals surface area contributed by atoms with Crippen LogP contribution in [-0.4, -0.2) is 267 Å². The lowest BCUT2D eigenvalue weighted by atomic mass is 9.96. The zero-order valence-electron chi connectivity index (χ0n) is 47.5. The molecule has 29 heteroatoms. The molecule has 2 aliphatic heterocycles. The summed E-state index contributed by atoms with van der Waals surface area (Å²) in [6.45, 7) is 19.0. The maximum Gasteiger partial charge on any atom is 0.333 e. The van der Waals surface area contributed by atoms with Crippen molar-refractivity contribution in [2.75, 3.05) is 92.5 Å². The Bertz CT molecular complexity index is 2180. The van der Waals surface area contributed by atoms with Gasteiger partial charge in [-0.25, -0.2) is 28.8 Å². The van der Waals surface area contributed by atoms with Crippen molar-refractivity contribution in [3.8, 4) is 0 Å². The predicted molar refractivity (Wildman–Crippen MR) is 282 cm³/mol. The van der Waals surface area contributed by atoms with Crippen LogP contribution in [-0.2, 0) is 99.8 Å². The Balaban J connectivity index is 2.89. The van der Waals surface area contributed by atoms with Gasteiger partial charge in [0.25, 0.3) is 0 Å². The van der Waals surface area contributed by atoms with Crippen LogP contribution in [0.15, 0.2) is 72.9 Å². The van der Waals surface area contributed by atoms with Crippen LogP contribution in [0.1, 0.15) is 41.5 Å². The maximum atomic E-state index is 12.3. The largest absolute Gasteiger partial charge is 0.460 e. The molecule has 0 saturated carbocycles. The van der Waals surface area contributed by atoms with Crippen molar-refractivity contribution in [1.29, 1.82) is 0 Å². The van der Waals surface area contributed by atoms with E-state index in [4.69, 9.17) is 71.1 Å². The predicted octanol–water partition coefficient (Wildman–Crippen LogP) is -2.37. The second-order valence-corrected chi connectivity index (χ2v) is 19.6. The summed E-state index contributed by atoms with van der Waals surface area (Å²) >= 11 is 0. The van der Waals surface area contributed by atoms with Crippen molar-refractivity contribution in [1.82, 2.24) is 0 Å². The molecule has 16 atom stereocenters. The molecule has 0 radical (unpaired) electrons. The van der Waals surface area contributed by atoms with Crippen molar-refractivity contribution >= 4 is 35.8 Å². The summed E-state index contributed by atoms with van der Waals surface area (Å²) in [7, 11) is 0. The third-order valence-electron chi connectivity index (χ3n) is 11.2. The number of aliphatic hydroxyl groups is 8. The Kier molecular flexibility index (Phi) is 33.6. The first kappa shape index (κ1) is 73.7. The highest BCUT2D eigenvalue weighted by molar-refractivity contribution is 5.88. The van der Waals surface area contributed by atoms with Crippen molar-refractivity contribution in [2.45, 2.75) is 140 Å². The SMILES string of the molecule is C=C(C)C(=O)OCC(O)COC1O[C@H](CO)[C@@H](O[C@@H]2O[C@H](CO)[C@H](OCC(O)COC(=O)C(=C)C)[C@H](OCC(O)COC(=O)C(=C)C)[C@H]2OCC(O)COC(=O)C(=C)C)[C@H](OCC(O)COC(=O)C(=C)C)[C@H]1OCC(O)COC(=O)C(=C)C. The molecule has 7 unspecified atom stereocenters. The van der Waals surface area contributed by atoms with Gasteiger partial charge in [0.05, 0.1) is 52.9 Å². The van der Waals surface area contributed by atoms with E-state index in [0.717, 1.165) is 0 Å². The van der Waals surface area contributed by atoms with Crippen molar-refractivity contribution < 1.29 is 141 Å². The Hall–Kier alpha value is -5.42. The van der Waals surface area contributed by atoms with Gasteiger partial charge in [0.2, 0.25) is 0 Å². The van der Waals surface area contributed by atoms with Gasteiger partial charge in [-0.2, -0.15) is 0 Å². The van der Waals surface area contributed by atoms with E-state index in [1.165, 1.54) is 41.5 Å². The van der Waals surface area contributed by atoms with Gasteiger partial charge in [0.1, 0.15) is 125 Å². The maximum absolute atomic E-state index is 12.3. The molecule has 0 aliphatic carbocycles. The van der Waals surface area contributed by atoms with Crippen LogP contribution in [0.4, 0.5) is 0 Å². The molecule has 2 rings (SSSR count). The summed E-state index contributed by atoms with van der Waals surface area (Å²) in [4.78, 5) is 73.4. The molecule has 0 bridgehead atoms. The number of hydrogen-bond donors (Lipinski definition) is 8. The van der Waals surface area contributed by atoms with E-state index < -0.39 is 226 Å². The number of ether oxygens (including phenoxy) is 15. The van der Waals surface area contributed by atoms with Crippen LogP contribution in [0.5, 0.6) is 0 Å². The third-order valence-corrected chi connectivity index (χ3v) is 11.2. The minimum atomic E-state index is -1.95. The van der Waals surface area contributed by atoms with Gasteiger partial charge in [-0.1, -0.05) is 39.5 Å². The molecule has 0 amide bonds. The summed E-state index contributed by atoms with van der Waals surface area (Å²) in [5, 5.41) is 88.0. The second-order valence-electron chi connectivity index (χ2n) is 19.6. The summed E-state index contributed by atoms with van der Waals surface area (Å²) in [6, 6.07) is 0. The zero-order chi connectivity index (χ0) is 62.7. The average Bonchev–Trinajstić information content (AvgIpc) is 3.63. The molecule has 0 aromatic heterocycles. The Morgan fingerprint density at radius 1 is 0.325 bits per heavy atom. The second kappa shape index (κ2) is 37.8. The molecule has 29 nitrogen and oxygen atoms in total. The third kappa shape index (κ3) is 26.6. The molecule has 83 heavy (non-hydrogen) atoms. The lowest BCUT2D eigenvalue weighted by Gasteiger charge is -2.50. The Morgan fingerprint density at radius 2 is 0.542 bits per heavy atom. The lowest BCUT2D eigenvalue weighted by molar-refractivity contribution is -0.377. The van der Waals surface area contributed by atoms with Gasteiger partial charge >= 0.3 is 35.8 Å². The lowest BCUT2D eigenvalue weighted by Crippen LogP contribution is -2.67. The van der Waals surface area contributed by atoms with Gasteiger partial charge in [-0.3, -0.25) is 0 Å². The minimum Gasteiger partial charge on any atom is -0.460 e. The number of carbonyl (C=O) groups excluding carboxylic acids is 6. The molecular weight excluding hydrogens is 1110 g/mol. The summed E-state index contributed by atoms with van der Waals surface area (Å²) < 4.78 is 86.4. The van der Waals surface area contributed by atoms with Crippen LogP contribution < -0.4 is 0 Å². The first-order valence-corrected chi connectivity index (χ1v) is 25.9. The zero-order valence-corrected chi connectivity index (χ0v) is 47.5. The minimum absolute atomic E-state index is 0.00268. The fraction of sp³-hybridized carbons (Fsp3) is 0.667. The summed E-state index contributed by atoms with van der Waals surface area (Å²) in [5.74, 6) is -5.17. The molecule has 2 saturated heterocycles. The van der Waals surface area contributed by atoms with E-state index in [1.54, 1.807) is 0 Å². The first-order valence-electron chi connectivity index (χ1n) is 25.9. The molecule has 472 valence electrons. The van der Waals surface area contributed by atoms with Crippen molar-refractivity contribution in [3.63, 3.8) is 0 Å². The van der Waals surface area contributed by atoms with E-state index in [1.807, 2.05) is 0 Å². The number of rotatable bonds is 40. The van der Waals surface area contributed by atoms with E-state index >= 15 is 0 Å². The molecular formula is C54H82O29. The standard InChI is InChI=1S/C54H82O29/c1-27(2)47(63)74-20-33(57)15-69-41-39(13-55)82-54(46(73-19-37(61)24-78-51(67)31(9)10)43(41)70-16-34(58)21-75-48(64)28(3)4)83-42-40(14-56)81-53(80-26-38(62)25-79-52(68)32(11)12)45(72-18-36(60)23-77-50(66)30(7)8)44(42)71-17-35(59)22-76-49(65)29(5)6/h33-46,53-62H,1,3,5,7,9,11,13-26H2,2,4,6,8,10,12H3/t33?,34?,35?,36?,37?,38?,39-,40-,41+,42-,43+,44+,45-,46-,53?,54+/m1/s1. The number of hydrogen-bond acceptors (Lipinski definition) is 29. The topological polar surface area (TPSA) is 403 Å². The highest BCUT2D eigenvalue weighted by atomic mass is 16.8. The van der Waals surface area contributed by atoms with E-state index in [9.17, 15) is 69.6 Å². The van der Waals surface area contributed by atoms with Crippen LogP contribution in [0.2, 0.25) is 0 Å². The van der Waals surface area contributed by atoms with Gasteiger partial charge in [-0.15, -0.1) is 0 Å². The Morgan fingerprint density at radius 3 is 0.819 bits per heavy atom. The van der Waals surface area contributed by atoms with Gasteiger partial charge < -0.3 is 112 Å². The van der Waals surface area contributed by atoms with Gasteiger partial charge in [0, 0.05) is 33.4 Å². The fourth-order valence-corrected chi connectivity index (χ4v) is 6.92. The van der Waals surface area contributed by atoms with Crippen LogP contribution in [0.25, 0.3) is 0 Å². The molecule has 2 heterocycles. The summed E-state index contributed by atoms with van der Waals surface area (Å²) in [5.41, 5.74) is -0.00325. The number of carbonyl (C=O) groups is 6. The Labute approximate surface area is 480 Å². The molecule has 0 spiro atoms. The highest BCUT2D eigenvalue weighted by Crippen LogP contribution is 2.35. The van der Waals surface area contributed by atoms with Crippen molar-refractivity contribution in [2.24, 2.45) is 0 Å². The number of aliphatic hydroxyl groups excluding tert-OH is 8. The van der Waals surface area contributed by atoms with Crippen molar-refractivity contribution in [3.05, 3.63) is 72.9 Å². The first-order chi connectivity index (χ1) is 39.0. The molecule has 0 aromatic rings. The molecule has 2 aliphatic rings.